The summed E-state index contributed by atoms with van der Waals surface area (Å²) >= 11 is 11.3. The highest BCUT2D eigenvalue weighted by Gasteiger charge is 2.20. The number of nitrogens with two attached hydrogens (primary N) is 1. The Morgan fingerprint density at radius 3 is 2.40 bits per heavy atom. The summed E-state index contributed by atoms with van der Waals surface area (Å²) in [4.78, 5) is 0. The van der Waals surface area contributed by atoms with Crippen LogP contribution in [0.4, 0.5) is 13.2 Å². The van der Waals surface area contributed by atoms with E-state index in [1.165, 1.54) is 6.07 Å². The lowest BCUT2D eigenvalue weighted by Crippen LogP contribution is -2.16. The minimum atomic E-state index is -2.62. The standard InChI is InChI=1S/C9H8Cl2F3N/c10-4-1-2-5(12)8(9(4)11)6(15)3-7(13)14/h1-2,6-7H,3,15H2/t6-/m0/s1. The van der Waals surface area contributed by atoms with Crippen molar-refractivity contribution in [3.8, 4) is 0 Å². The van der Waals surface area contributed by atoms with Crippen LogP contribution in [0.15, 0.2) is 12.1 Å². The van der Waals surface area contributed by atoms with Gasteiger partial charge in [0.25, 0.3) is 0 Å². The highest BCUT2D eigenvalue weighted by molar-refractivity contribution is 6.42. The van der Waals surface area contributed by atoms with Gasteiger partial charge in [0.05, 0.1) is 10.0 Å². The summed E-state index contributed by atoms with van der Waals surface area (Å²) in [6, 6.07) is 1.14. The molecule has 0 radical (unpaired) electrons. The summed E-state index contributed by atoms with van der Waals surface area (Å²) in [5.74, 6) is -0.724. The maximum atomic E-state index is 13.3. The summed E-state index contributed by atoms with van der Waals surface area (Å²) in [7, 11) is 0. The van der Waals surface area contributed by atoms with Gasteiger partial charge >= 0.3 is 0 Å². The maximum absolute atomic E-state index is 13.3. The van der Waals surface area contributed by atoms with E-state index in [0.717, 1.165) is 6.07 Å². The van der Waals surface area contributed by atoms with Crippen molar-refractivity contribution in [2.24, 2.45) is 5.73 Å². The second-order valence-corrected chi connectivity index (χ2v) is 3.78. The topological polar surface area (TPSA) is 26.0 Å². The molecular formula is C9H8Cl2F3N. The van der Waals surface area contributed by atoms with Crippen LogP contribution in [0.2, 0.25) is 10.0 Å². The normalized spacial score (nSPS) is 13.3. The lowest BCUT2D eigenvalue weighted by molar-refractivity contribution is 0.128. The van der Waals surface area contributed by atoms with Gasteiger partial charge in [-0.05, 0) is 12.1 Å². The van der Waals surface area contributed by atoms with E-state index in [2.05, 4.69) is 0 Å². The predicted molar refractivity (Wildman–Crippen MR) is 54.0 cm³/mol. The van der Waals surface area contributed by atoms with Crippen LogP contribution in [0.5, 0.6) is 0 Å². The third-order valence-corrected chi connectivity index (χ3v) is 2.70. The van der Waals surface area contributed by atoms with Crippen LogP contribution in [-0.4, -0.2) is 6.43 Å². The number of benzene rings is 1. The monoisotopic (exact) mass is 257 g/mol. The molecule has 0 saturated heterocycles. The van der Waals surface area contributed by atoms with Gasteiger partial charge in [0.15, 0.2) is 0 Å². The quantitative estimate of drug-likeness (QED) is 0.820. The molecule has 0 spiro atoms. The highest BCUT2D eigenvalue weighted by atomic mass is 35.5. The Morgan fingerprint density at radius 2 is 1.87 bits per heavy atom. The molecule has 0 fully saturated rings. The fourth-order valence-corrected chi connectivity index (χ4v) is 1.65. The molecule has 15 heavy (non-hydrogen) atoms. The number of halogens is 5. The molecule has 0 amide bonds. The Labute approximate surface area is 95.0 Å². The van der Waals surface area contributed by atoms with Gasteiger partial charge < -0.3 is 5.73 Å². The van der Waals surface area contributed by atoms with Crippen LogP contribution in [0, 0.1) is 5.82 Å². The minimum absolute atomic E-state index is 0.0952. The number of rotatable bonds is 3. The van der Waals surface area contributed by atoms with Crippen LogP contribution in [0.1, 0.15) is 18.0 Å². The summed E-state index contributed by atoms with van der Waals surface area (Å²) in [5, 5.41) is -0.0115. The van der Waals surface area contributed by atoms with E-state index in [4.69, 9.17) is 28.9 Å². The number of hydrogen-bond donors (Lipinski definition) is 1. The molecule has 0 heterocycles. The first kappa shape index (κ1) is 12.6. The molecule has 0 saturated carbocycles. The first-order valence-electron chi connectivity index (χ1n) is 4.10. The molecule has 1 aromatic carbocycles. The van der Waals surface area contributed by atoms with Crippen molar-refractivity contribution in [3.63, 3.8) is 0 Å². The van der Waals surface area contributed by atoms with Crippen molar-refractivity contribution in [1.29, 1.82) is 0 Å². The zero-order valence-corrected chi connectivity index (χ0v) is 9.00. The second kappa shape index (κ2) is 5.05. The Balaban J connectivity index is 3.07. The van der Waals surface area contributed by atoms with Crippen molar-refractivity contribution in [1.82, 2.24) is 0 Å². The first-order chi connectivity index (χ1) is 6.93. The molecule has 2 N–H and O–H groups in total. The van der Waals surface area contributed by atoms with Gasteiger partial charge in [0, 0.05) is 18.0 Å². The average molecular weight is 258 g/mol. The molecule has 0 aliphatic heterocycles. The van der Waals surface area contributed by atoms with E-state index in [-0.39, 0.29) is 15.6 Å². The van der Waals surface area contributed by atoms with Gasteiger partial charge in [-0.25, -0.2) is 13.2 Å². The summed E-state index contributed by atoms with van der Waals surface area (Å²) in [5.41, 5.74) is 5.24. The molecule has 1 nitrogen and oxygen atoms in total. The van der Waals surface area contributed by atoms with Gasteiger partial charge in [-0.2, -0.15) is 0 Å². The average Bonchev–Trinajstić information content (AvgIpc) is 2.11. The zero-order valence-electron chi connectivity index (χ0n) is 7.48. The Bertz CT molecular complexity index is 357. The van der Waals surface area contributed by atoms with E-state index in [0.29, 0.717) is 0 Å². The zero-order chi connectivity index (χ0) is 11.6. The SMILES string of the molecule is N[C@@H](CC(F)F)c1c(F)ccc(Cl)c1Cl. The minimum Gasteiger partial charge on any atom is -0.324 e. The highest BCUT2D eigenvalue weighted by Crippen LogP contribution is 2.33. The van der Waals surface area contributed by atoms with Crippen molar-refractivity contribution in [2.75, 3.05) is 0 Å². The fourth-order valence-electron chi connectivity index (χ4n) is 1.19. The lowest BCUT2D eigenvalue weighted by atomic mass is 10.0. The Hall–Kier alpha value is -0.450. The largest absolute Gasteiger partial charge is 0.324 e. The van der Waals surface area contributed by atoms with E-state index in [9.17, 15) is 13.2 Å². The third-order valence-electron chi connectivity index (χ3n) is 1.88. The number of alkyl halides is 2. The molecule has 0 aliphatic rings. The van der Waals surface area contributed by atoms with Crippen LogP contribution in [0.25, 0.3) is 0 Å². The van der Waals surface area contributed by atoms with Gasteiger partial charge in [-0.3, -0.25) is 0 Å². The molecular weight excluding hydrogens is 250 g/mol. The van der Waals surface area contributed by atoms with Crippen molar-refractivity contribution < 1.29 is 13.2 Å². The summed E-state index contributed by atoms with van der Waals surface area (Å²) in [6.07, 6.45) is -3.27. The molecule has 1 aromatic rings. The van der Waals surface area contributed by atoms with Crippen molar-refractivity contribution in [3.05, 3.63) is 33.6 Å². The van der Waals surface area contributed by atoms with Crippen LogP contribution in [0.3, 0.4) is 0 Å². The molecule has 84 valence electrons. The van der Waals surface area contributed by atoms with Crippen molar-refractivity contribution in [2.45, 2.75) is 18.9 Å². The van der Waals surface area contributed by atoms with Crippen LogP contribution in [-0.2, 0) is 0 Å². The van der Waals surface area contributed by atoms with E-state index in [1.54, 1.807) is 0 Å². The smallest absolute Gasteiger partial charge is 0.240 e. The molecule has 0 aromatic heterocycles. The fraction of sp³-hybridized carbons (Fsp3) is 0.333. The van der Waals surface area contributed by atoms with Crippen molar-refractivity contribution >= 4 is 23.2 Å². The van der Waals surface area contributed by atoms with Gasteiger partial charge in [0.1, 0.15) is 5.82 Å². The van der Waals surface area contributed by atoms with E-state index >= 15 is 0 Å². The predicted octanol–water partition coefficient (Wildman–Crippen LogP) is 3.79. The van der Waals surface area contributed by atoms with E-state index in [1.807, 2.05) is 0 Å². The molecule has 0 unspecified atom stereocenters. The number of hydrogen-bond acceptors (Lipinski definition) is 1. The Morgan fingerprint density at radius 1 is 1.27 bits per heavy atom. The third kappa shape index (κ3) is 3.00. The Kier molecular flexibility index (Phi) is 4.25. The van der Waals surface area contributed by atoms with Gasteiger partial charge in [0.2, 0.25) is 6.43 Å². The second-order valence-electron chi connectivity index (χ2n) is 2.99. The molecule has 0 bridgehead atoms. The first-order valence-corrected chi connectivity index (χ1v) is 4.86. The maximum Gasteiger partial charge on any atom is 0.240 e. The van der Waals surface area contributed by atoms with Crippen LogP contribution >= 0.6 is 23.2 Å². The summed E-state index contributed by atoms with van der Waals surface area (Å²) < 4.78 is 37.4. The molecule has 1 atom stereocenters. The molecule has 6 heteroatoms. The van der Waals surface area contributed by atoms with E-state index < -0.39 is 24.7 Å². The van der Waals surface area contributed by atoms with Gasteiger partial charge in [-0.15, -0.1) is 0 Å². The molecule has 1 rings (SSSR count). The lowest BCUT2D eigenvalue weighted by Gasteiger charge is -2.14. The summed E-state index contributed by atoms with van der Waals surface area (Å²) in [6.45, 7) is 0. The van der Waals surface area contributed by atoms with Crippen LogP contribution < -0.4 is 5.73 Å². The van der Waals surface area contributed by atoms with Gasteiger partial charge in [-0.1, -0.05) is 23.2 Å². The molecule has 0 aliphatic carbocycles.